The van der Waals surface area contributed by atoms with Crippen LogP contribution >= 0.6 is 0 Å². The Kier molecular flexibility index (Phi) is 4.47. The number of ketones is 1. The van der Waals surface area contributed by atoms with E-state index in [1.165, 1.54) is 6.92 Å². The summed E-state index contributed by atoms with van der Waals surface area (Å²) >= 11 is 0. The number of nitro groups is 1. The molecule has 0 spiro atoms. The van der Waals surface area contributed by atoms with E-state index in [9.17, 15) is 14.9 Å². The van der Waals surface area contributed by atoms with Gasteiger partial charge in [0.1, 0.15) is 5.78 Å². The molecule has 0 aliphatic heterocycles. The average Bonchev–Trinajstić information content (AvgIpc) is 2.02. The van der Waals surface area contributed by atoms with Gasteiger partial charge >= 0.3 is 0 Å². The van der Waals surface area contributed by atoms with Gasteiger partial charge in [0.2, 0.25) is 6.04 Å². The fourth-order valence-corrected chi connectivity index (χ4v) is 0.882. The minimum Gasteiger partial charge on any atom is -0.300 e. The molecule has 0 aromatic heterocycles. The second kappa shape index (κ2) is 4.85. The summed E-state index contributed by atoms with van der Waals surface area (Å²) in [5.74, 6) is -0.0661. The minimum absolute atomic E-state index is 0.0937. The van der Waals surface area contributed by atoms with Gasteiger partial charge in [-0.1, -0.05) is 13.8 Å². The first-order valence-corrected chi connectivity index (χ1v) is 4.14. The lowest BCUT2D eigenvalue weighted by Crippen LogP contribution is -2.25. The highest BCUT2D eigenvalue weighted by atomic mass is 16.6. The first kappa shape index (κ1) is 11.1. The molecule has 0 saturated heterocycles. The Labute approximate surface area is 72.1 Å². The van der Waals surface area contributed by atoms with Crippen LogP contribution in [0.25, 0.3) is 0 Å². The number of nitrogens with zero attached hydrogens (tertiary/aromatic N) is 1. The van der Waals surface area contributed by atoms with Gasteiger partial charge in [-0.15, -0.1) is 0 Å². The summed E-state index contributed by atoms with van der Waals surface area (Å²) in [6, 6.07) is -0.625. The van der Waals surface area contributed by atoms with Crippen molar-refractivity contribution in [3.63, 3.8) is 0 Å². The molecule has 0 aliphatic carbocycles. The predicted molar refractivity (Wildman–Crippen MR) is 45.5 cm³/mol. The average molecular weight is 173 g/mol. The highest BCUT2D eigenvalue weighted by Gasteiger charge is 2.23. The van der Waals surface area contributed by atoms with E-state index in [0.717, 1.165) is 0 Å². The minimum atomic E-state index is -0.625. The van der Waals surface area contributed by atoms with Gasteiger partial charge < -0.3 is 0 Å². The molecule has 0 aromatic carbocycles. The lowest BCUT2D eigenvalue weighted by molar-refractivity contribution is -0.526. The molecule has 0 aromatic rings. The largest absolute Gasteiger partial charge is 0.300 e. The smallest absolute Gasteiger partial charge is 0.213 e. The van der Waals surface area contributed by atoms with Crippen LogP contribution in [0.15, 0.2) is 0 Å². The number of Topliss-reactive ketones (excluding diaryl/α,β-unsaturated/α-hetero) is 1. The first-order chi connectivity index (χ1) is 5.49. The lowest BCUT2D eigenvalue weighted by atomic mass is 9.97. The summed E-state index contributed by atoms with van der Waals surface area (Å²) in [7, 11) is 0. The standard InChI is InChI=1S/C8H15NO3/c1-4-8(10)5-6(2)7(3)9(11)12/h6-7H,4-5H2,1-3H3. The van der Waals surface area contributed by atoms with Gasteiger partial charge in [-0.25, -0.2) is 0 Å². The molecule has 0 heterocycles. The van der Waals surface area contributed by atoms with E-state index in [0.29, 0.717) is 12.8 Å². The maximum Gasteiger partial charge on any atom is 0.213 e. The van der Waals surface area contributed by atoms with Crippen LogP contribution in [0.1, 0.15) is 33.6 Å². The third-order valence-corrected chi connectivity index (χ3v) is 2.10. The summed E-state index contributed by atoms with van der Waals surface area (Å²) < 4.78 is 0. The maximum absolute atomic E-state index is 10.9. The van der Waals surface area contributed by atoms with E-state index < -0.39 is 6.04 Å². The molecule has 0 radical (unpaired) electrons. The van der Waals surface area contributed by atoms with Gasteiger partial charge in [0.15, 0.2) is 0 Å². The lowest BCUT2D eigenvalue weighted by Gasteiger charge is -2.10. The molecule has 0 bridgehead atoms. The topological polar surface area (TPSA) is 60.2 Å². The Morgan fingerprint density at radius 3 is 2.33 bits per heavy atom. The van der Waals surface area contributed by atoms with Crippen molar-refractivity contribution < 1.29 is 9.72 Å². The van der Waals surface area contributed by atoms with Crippen molar-refractivity contribution in [3.8, 4) is 0 Å². The SMILES string of the molecule is CCC(=O)CC(C)C(C)[N+](=O)[O-]. The van der Waals surface area contributed by atoms with Gasteiger partial charge in [-0.3, -0.25) is 14.9 Å². The molecule has 2 atom stereocenters. The maximum atomic E-state index is 10.9. The quantitative estimate of drug-likeness (QED) is 0.469. The third-order valence-electron chi connectivity index (χ3n) is 2.10. The van der Waals surface area contributed by atoms with E-state index in [1.54, 1.807) is 13.8 Å². The summed E-state index contributed by atoms with van der Waals surface area (Å²) in [6.07, 6.45) is 0.785. The molecule has 0 rings (SSSR count). The van der Waals surface area contributed by atoms with Crippen molar-refractivity contribution in [3.05, 3.63) is 10.1 Å². The third kappa shape index (κ3) is 3.46. The molecule has 70 valence electrons. The molecule has 4 heteroatoms. The van der Waals surface area contributed by atoms with Gasteiger partial charge in [0.25, 0.3) is 0 Å². The van der Waals surface area contributed by atoms with Crippen LogP contribution in [0.3, 0.4) is 0 Å². The van der Waals surface area contributed by atoms with Crippen molar-refractivity contribution >= 4 is 5.78 Å². The van der Waals surface area contributed by atoms with Gasteiger partial charge in [0.05, 0.1) is 0 Å². The molecule has 2 unspecified atom stereocenters. The highest BCUT2D eigenvalue weighted by Crippen LogP contribution is 2.11. The Balaban J connectivity index is 3.94. The van der Waals surface area contributed by atoms with Crippen LogP contribution in [0.4, 0.5) is 0 Å². The number of carbonyl (C=O) groups excluding carboxylic acids is 1. The van der Waals surface area contributed by atoms with Crippen molar-refractivity contribution in [2.24, 2.45) is 5.92 Å². The van der Waals surface area contributed by atoms with Crippen LogP contribution in [-0.2, 0) is 4.79 Å². The molecular weight excluding hydrogens is 158 g/mol. The van der Waals surface area contributed by atoms with Crippen LogP contribution in [0, 0.1) is 16.0 Å². The molecule has 12 heavy (non-hydrogen) atoms. The van der Waals surface area contributed by atoms with Crippen LogP contribution < -0.4 is 0 Å². The predicted octanol–water partition coefficient (Wildman–Crippen LogP) is 1.66. The van der Waals surface area contributed by atoms with Crippen LogP contribution in [0.2, 0.25) is 0 Å². The Morgan fingerprint density at radius 2 is 2.00 bits per heavy atom. The number of carbonyl (C=O) groups is 1. The first-order valence-electron chi connectivity index (χ1n) is 4.14. The number of rotatable bonds is 5. The van der Waals surface area contributed by atoms with Gasteiger partial charge in [-0.05, 0) is 0 Å². The second-order valence-corrected chi connectivity index (χ2v) is 3.10. The Morgan fingerprint density at radius 1 is 1.50 bits per heavy atom. The summed E-state index contributed by atoms with van der Waals surface area (Å²) in [4.78, 5) is 20.9. The molecular formula is C8H15NO3. The summed E-state index contributed by atoms with van der Waals surface area (Å²) in [6.45, 7) is 5.04. The molecule has 0 fully saturated rings. The van der Waals surface area contributed by atoms with E-state index in [1.807, 2.05) is 0 Å². The van der Waals surface area contributed by atoms with Gasteiger partial charge in [0, 0.05) is 30.6 Å². The second-order valence-electron chi connectivity index (χ2n) is 3.10. The molecule has 4 nitrogen and oxygen atoms in total. The van der Waals surface area contributed by atoms with E-state index >= 15 is 0 Å². The summed E-state index contributed by atoms with van der Waals surface area (Å²) in [5.41, 5.74) is 0. The van der Waals surface area contributed by atoms with Crippen molar-refractivity contribution in [1.29, 1.82) is 0 Å². The van der Waals surface area contributed by atoms with E-state index in [-0.39, 0.29) is 16.6 Å². The normalized spacial score (nSPS) is 15.2. The van der Waals surface area contributed by atoms with Crippen molar-refractivity contribution in [2.75, 3.05) is 0 Å². The zero-order valence-corrected chi connectivity index (χ0v) is 7.74. The molecule has 0 saturated carbocycles. The Bertz CT molecular complexity index is 179. The Hall–Kier alpha value is -0.930. The molecule has 0 amide bonds. The zero-order valence-electron chi connectivity index (χ0n) is 7.74. The molecule has 0 N–H and O–H groups in total. The van der Waals surface area contributed by atoms with Crippen LogP contribution in [-0.4, -0.2) is 16.7 Å². The zero-order chi connectivity index (χ0) is 9.72. The van der Waals surface area contributed by atoms with Crippen molar-refractivity contribution in [2.45, 2.75) is 39.7 Å². The molecule has 0 aliphatic rings. The highest BCUT2D eigenvalue weighted by molar-refractivity contribution is 5.78. The fraction of sp³-hybridized carbons (Fsp3) is 0.875. The van der Waals surface area contributed by atoms with E-state index in [2.05, 4.69) is 0 Å². The number of hydrogen-bond acceptors (Lipinski definition) is 3. The monoisotopic (exact) mass is 173 g/mol. The van der Waals surface area contributed by atoms with Crippen molar-refractivity contribution in [1.82, 2.24) is 0 Å². The van der Waals surface area contributed by atoms with Crippen LogP contribution in [0.5, 0.6) is 0 Å². The van der Waals surface area contributed by atoms with Gasteiger partial charge in [-0.2, -0.15) is 0 Å². The summed E-state index contributed by atoms with van der Waals surface area (Å²) in [5, 5.41) is 10.3. The van der Waals surface area contributed by atoms with E-state index in [4.69, 9.17) is 0 Å². The number of hydrogen-bond donors (Lipinski definition) is 0. The fourth-order valence-electron chi connectivity index (χ4n) is 0.882.